The van der Waals surface area contributed by atoms with Gasteiger partial charge in [0.25, 0.3) is 0 Å². The molecular formula is C20H23NO3S. The Kier molecular flexibility index (Phi) is 5.87. The third-order valence-corrected chi connectivity index (χ3v) is 5.41. The highest BCUT2D eigenvalue weighted by Crippen LogP contribution is 2.33. The second-order valence-electron chi connectivity index (χ2n) is 5.95. The third-order valence-electron chi connectivity index (χ3n) is 4.40. The van der Waals surface area contributed by atoms with Crippen LogP contribution in [0, 0.1) is 0 Å². The molecule has 132 valence electrons. The summed E-state index contributed by atoms with van der Waals surface area (Å²) < 4.78 is 10.7. The van der Waals surface area contributed by atoms with Crippen molar-refractivity contribution < 1.29 is 14.3 Å². The Morgan fingerprint density at radius 3 is 2.44 bits per heavy atom. The van der Waals surface area contributed by atoms with Gasteiger partial charge in [-0.3, -0.25) is 4.79 Å². The highest BCUT2D eigenvalue weighted by molar-refractivity contribution is 7.99. The first kappa shape index (κ1) is 17.7. The zero-order valence-electron chi connectivity index (χ0n) is 14.7. The van der Waals surface area contributed by atoms with E-state index in [0.717, 1.165) is 35.8 Å². The summed E-state index contributed by atoms with van der Waals surface area (Å²) in [6, 6.07) is 14.2. The quantitative estimate of drug-likeness (QED) is 0.738. The fraction of sp³-hybridized carbons (Fsp3) is 0.350. The lowest BCUT2D eigenvalue weighted by Gasteiger charge is -2.29. The van der Waals surface area contributed by atoms with Crippen molar-refractivity contribution in [3.8, 4) is 11.5 Å². The fourth-order valence-corrected chi connectivity index (χ4v) is 3.89. The number of hydrogen-bond donors (Lipinski definition) is 0. The molecule has 2 aromatic rings. The summed E-state index contributed by atoms with van der Waals surface area (Å²) in [4.78, 5) is 15.7. The number of amides is 1. The largest absolute Gasteiger partial charge is 0.493 e. The van der Waals surface area contributed by atoms with Gasteiger partial charge >= 0.3 is 0 Å². The van der Waals surface area contributed by atoms with Gasteiger partial charge in [0.15, 0.2) is 11.5 Å². The molecule has 1 aliphatic heterocycles. The maximum atomic E-state index is 12.5. The number of methoxy groups -OCH3 is 2. The van der Waals surface area contributed by atoms with Crippen LogP contribution in [-0.4, -0.2) is 37.3 Å². The molecule has 0 aliphatic carbocycles. The van der Waals surface area contributed by atoms with Gasteiger partial charge in [0, 0.05) is 30.2 Å². The number of nitrogens with zero attached hydrogens (tertiary/aromatic N) is 1. The van der Waals surface area contributed by atoms with E-state index in [1.165, 1.54) is 10.5 Å². The number of benzene rings is 2. The minimum absolute atomic E-state index is 0.212. The van der Waals surface area contributed by atoms with Crippen LogP contribution in [0.15, 0.2) is 47.4 Å². The molecule has 1 heterocycles. The molecule has 0 atom stereocenters. The van der Waals surface area contributed by atoms with E-state index in [1.807, 2.05) is 35.2 Å². The van der Waals surface area contributed by atoms with Crippen LogP contribution in [-0.2, 0) is 17.8 Å². The Morgan fingerprint density at radius 2 is 1.76 bits per heavy atom. The zero-order chi connectivity index (χ0) is 17.6. The van der Waals surface area contributed by atoms with Gasteiger partial charge in [0.05, 0.1) is 14.2 Å². The molecule has 3 rings (SSSR count). The molecule has 4 nitrogen and oxygen atoms in total. The second kappa shape index (κ2) is 8.30. The van der Waals surface area contributed by atoms with Crippen LogP contribution >= 0.6 is 11.8 Å². The summed E-state index contributed by atoms with van der Waals surface area (Å²) in [5.41, 5.74) is 2.38. The van der Waals surface area contributed by atoms with Crippen molar-refractivity contribution in [1.82, 2.24) is 4.90 Å². The summed E-state index contributed by atoms with van der Waals surface area (Å²) >= 11 is 1.73. The van der Waals surface area contributed by atoms with E-state index in [0.29, 0.717) is 13.0 Å². The van der Waals surface area contributed by atoms with Crippen molar-refractivity contribution in [1.29, 1.82) is 0 Å². The third kappa shape index (κ3) is 4.28. The minimum atomic E-state index is 0.212. The van der Waals surface area contributed by atoms with Gasteiger partial charge in [-0.2, -0.15) is 0 Å². The SMILES string of the molecule is COc1cc2c(cc1OC)CN(C(=O)CCSc1ccccc1)CC2. The maximum Gasteiger partial charge on any atom is 0.223 e. The molecule has 0 bridgehead atoms. The van der Waals surface area contributed by atoms with E-state index in [-0.39, 0.29) is 5.91 Å². The molecule has 0 fully saturated rings. The zero-order valence-corrected chi connectivity index (χ0v) is 15.5. The van der Waals surface area contributed by atoms with Gasteiger partial charge in [-0.25, -0.2) is 0 Å². The van der Waals surface area contributed by atoms with E-state index in [4.69, 9.17) is 9.47 Å². The van der Waals surface area contributed by atoms with Gasteiger partial charge < -0.3 is 14.4 Å². The van der Waals surface area contributed by atoms with Gasteiger partial charge in [0.1, 0.15) is 0 Å². The molecule has 0 saturated carbocycles. The second-order valence-corrected chi connectivity index (χ2v) is 7.12. The maximum absolute atomic E-state index is 12.5. The fourth-order valence-electron chi connectivity index (χ4n) is 3.03. The summed E-state index contributed by atoms with van der Waals surface area (Å²) in [5, 5.41) is 0. The highest BCUT2D eigenvalue weighted by Gasteiger charge is 2.22. The van der Waals surface area contributed by atoms with Crippen LogP contribution in [0.4, 0.5) is 0 Å². The lowest BCUT2D eigenvalue weighted by Crippen LogP contribution is -2.36. The number of carbonyl (C=O) groups is 1. The van der Waals surface area contributed by atoms with Crippen molar-refractivity contribution in [2.24, 2.45) is 0 Å². The van der Waals surface area contributed by atoms with E-state index < -0.39 is 0 Å². The molecule has 0 radical (unpaired) electrons. The monoisotopic (exact) mass is 357 g/mol. The van der Waals surface area contributed by atoms with E-state index in [1.54, 1.807) is 26.0 Å². The summed E-state index contributed by atoms with van der Waals surface area (Å²) in [7, 11) is 3.28. The highest BCUT2D eigenvalue weighted by atomic mass is 32.2. The van der Waals surface area contributed by atoms with Crippen LogP contribution < -0.4 is 9.47 Å². The molecule has 0 unspecified atom stereocenters. The summed E-state index contributed by atoms with van der Waals surface area (Å²) in [5.74, 6) is 2.48. The molecule has 0 aromatic heterocycles. The predicted molar refractivity (Wildman–Crippen MR) is 100 cm³/mol. The van der Waals surface area contributed by atoms with Crippen LogP contribution in [0.3, 0.4) is 0 Å². The van der Waals surface area contributed by atoms with Crippen molar-refractivity contribution in [2.75, 3.05) is 26.5 Å². The van der Waals surface area contributed by atoms with Crippen molar-refractivity contribution in [2.45, 2.75) is 24.3 Å². The molecule has 1 aliphatic rings. The Morgan fingerprint density at radius 1 is 1.08 bits per heavy atom. The normalized spacial score (nSPS) is 13.3. The number of rotatable bonds is 6. The first-order chi connectivity index (χ1) is 12.2. The Labute approximate surface area is 153 Å². The molecule has 25 heavy (non-hydrogen) atoms. The van der Waals surface area contributed by atoms with Gasteiger partial charge in [-0.15, -0.1) is 11.8 Å². The Bertz CT molecular complexity index is 733. The molecule has 1 amide bonds. The topological polar surface area (TPSA) is 38.8 Å². The molecule has 0 N–H and O–H groups in total. The van der Waals surface area contributed by atoms with Crippen LogP contribution in [0.5, 0.6) is 11.5 Å². The lowest BCUT2D eigenvalue weighted by molar-refractivity contribution is -0.131. The standard InChI is InChI=1S/C20H23NO3S/c1-23-18-12-15-8-10-21(14-16(15)13-19(18)24-2)20(22)9-11-25-17-6-4-3-5-7-17/h3-7,12-13H,8-11,14H2,1-2H3. The average molecular weight is 357 g/mol. The van der Waals surface area contributed by atoms with Crippen LogP contribution in [0.1, 0.15) is 17.5 Å². The number of ether oxygens (including phenoxy) is 2. The number of carbonyl (C=O) groups excluding carboxylic acids is 1. The number of thioether (sulfide) groups is 1. The Balaban J connectivity index is 1.59. The van der Waals surface area contributed by atoms with E-state index >= 15 is 0 Å². The summed E-state index contributed by atoms with van der Waals surface area (Å²) in [6.45, 7) is 1.40. The van der Waals surface area contributed by atoms with Crippen molar-refractivity contribution in [3.63, 3.8) is 0 Å². The van der Waals surface area contributed by atoms with Gasteiger partial charge in [-0.05, 0) is 41.8 Å². The minimum Gasteiger partial charge on any atom is -0.493 e. The van der Waals surface area contributed by atoms with E-state index in [2.05, 4.69) is 12.1 Å². The lowest BCUT2D eigenvalue weighted by atomic mass is 9.98. The first-order valence-corrected chi connectivity index (χ1v) is 9.39. The summed E-state index contributed by atoms with van der Waals surface area (Å²) in [6.07, 6.45) is 1.41. The molecule has 2 aromatic carbocycles. The number of hydrogen-bond acceptors (Lipinski definition) is 4. The number of fused-ring (bicyclic) bond motifs is 1. The Hall–Kier alpha value is -2.14. The van der Waals surface area contributed by atoms with Crippen LogP contribution in [0.2, 0.25) is 0 Å². The molecular weight excluding hydrogens is 334 g/mol. The molecule has 0 saturated heterocycles. The van der Waals surface area contributed by atoms with Gasteiger partial charge in [0.2, 0.25) is 5.91 Å². The van der Waals surface area contributed by atoms with E-state index in [9.17, 15) is 4.79 Å². The van der Waals surface area contributed by atoms with Crippen LogP contribution in [0.25, 0.3) is 0 Å². The van der Waals surface area contributed by atoms with Crippen molar-refractivity contribution in [3.05, 3.63) is 53.6 Å². The average Bonchev–Trinajstić information content (AvgIpc) is 2.67. The smallest absolute Gasteiger partial charge is 0.223 e. The molecule has 5 heteroatoms. The van der Waals surface area contributed by atoms with Crippen molar-refractivity contribution >= 4 is 17.7 Å². The molecule has 0 spiro atoms. The van der Waals surface area contributed by atoms with Gasteiger partial charge in [-0.1, -0.05) is 18.2 Å². The first-order valence-electron chi connectivity index (χ1n) is 8.40. The predicted octanol–water partition coefficient (Wildman–Crippen LogP) is 3.77.